The highest BCUT2D eigenvalue weighted by Crippen LogP contribution is 2.23. The van der Waals surface area contributed by atoms with E-state index in [1.807, 2.05) is 12.1 Å². The highest BCUT2D eigenvalue weighted by atomic mass is 16.5. The molecule has 0 saturated heterocycles. The number of carbonyl (C=O) groups is 1. The molecule has 1 aromatic heterocycles. The van der Waals surface area contributed by atoms with Crippen molar-refractivity contribution in [3.8, 4) is 11.5 Å². The highest BCUT2D eigenvalue weighted by Gasteiger charge is 2.05. The van der Waals surface area contributed by atoms with Crippen molar-refractivity contribution < 1.29 is 14.3 Å². The maximum absolute atomic E-state index is 12.4. The molecule has 0 aliphatic carbocycles. The first-order chi connectivity index (χ1) is 13.0. The molecule has 1 heterocycles. The van der Waals surface area contributed by atoms with Gasteiger partial charge in [0.15, 0.2) is 0 Å². The first kappa shape index (κ1) is 18.2. The normalized spacial score (nSPS) is 10.9. The summed E-state index contributed by atoms with van der Waals surface area (Å²) in [7, 11) is 3.17. The van der Waals surface area contributed by atoms with Gasteiger partial charge < -0.3 is 19.8 Å². The van der Waals surface area contributed by atoms with Crippen molar-refractivity contribution in [1.29, 1.82) is 0 Å². The molecule has 0 unspecified atom stereocenters. The van der Waals surface area contributed by atoms with Crippen LogP contribution in [-0.2, 0) is 4.79 Å². The predicted octanol–water partition coefficient (Wildman–Crippen LogP) is 3.07. The second kappa shape index (κ2) is 7.74. The van der Waals surface area contributed by atoms with Crippen molar-refractivity contribution in [2.75, 3.05) is 19.5 Å². The van der Waals surface area contributed by atoms with E-state index in [2.05, 4.69) is 15.3 Å². The van der Waals surface area contributed by atoms with Crippen LogP contribution < -0.4 is 20.3 Å². The van der Waals surface area contributed by atoms with Crippen LogP contribution in [0.4, 0.5) is 5.69 Å². The standard InChI is InChI=1S/C20H19N3O4/c1-12(24)21-14-5-6-18-17(10-14)20(25)23-19(22-18)7-4-13-8-15(26-2)11-16(9-13)27-3/h4-11H,1-3H3,(H,21,24)(H,22,23,25)/b7-4+. The van der Waals surface area contributed by atoms with Gasteiger partial charge in [-0.1, -0.05) is 6.08 Å². The van der Waals surface area contributed by atoms with Crippen LogP contribution in [0.1, 0.15) is 18.3 Å². The largest absolute Gasteiger partial charge is 0.497 e. The van der Waals surface area contributed by atoms with Gasteiger partial charge in [-0.25, -0.2) is 4.98 Å². The molecule has 7 heteroatoms. The monoisotopic (exact) mass is 365 g/mol. The topological polar surface area (TPSA) is 93.3 Å². The van der Waals surface area contributed by atoms with E-state index >= 15 is 0 Å². The van der Waals surface area contributed by atoms with Gasteiger partial charge in [0.1, 0.15) is 17.3 Å². The SMILES string of the molecule is COc1cc(/C=C/c2nc3ccc(NC(C)=O)cc3c(=O)[nH]2)cc(OC)c1. The van der Waals surface area contributed by atoms with Crippen LogP contribution in [0.25, 0.3) is 23.1 Å². The van der Waals surface area contributed by atoms with E-state index in [0.717, 1.165) is 5.56 Å². The highest BCUT2D eigenvalue weighted by molar-refractivity contribution is 5.92. The Kier molecular flexibility index (Phi) is 5.21. The Morgan fingerprint density at radius 2 is 1.78 bits per heavy atom. The van der Waals surface area contributed by atoms with Gasteiger partial charge in [-0.3, -0.25) is 9.59 Å². The lowest BCUT2D eigenvalue weighted by Gasteiger charge is -2.06. The van der Waals surface area contributed by atoms with Crippen molar-refractivity contribution in [2.24, 2.45) is 0 Å². The molecule has 0 aliphatic rings. The van der Waals surface area contributed by atoms with Crippen LogP contribution in [-0.4, -0.2) is 30.1 Å². The fourth-order valence-corrected chi connectivity index (χ4v) is 2.62. The molecular formula is C20H19N3O4. The Morgan fingerprint density at radius 3 is 2.41 bits per heavy atom. The van der Waals surface area contributed by atoms with Crippen LogP contribution >= 0.6 is 0 Å². The Balaban J connectivity index is 1.95. The molecule has 2 N–H and O–H groups in total. The maximum atomic E-state index is 12.4. The Hall–Kier alpha value is -3.61. The molecule has 0 spiro atoms. The van der Waals surface area contributed by atoms with Gasteiger partial charge in [0.2, 0.25) is 5.91 Å². The van der Waals surface area contributed by atoms with Crippen molar-refractivity contribution in [1.82, 2.24) is 9.97 Å². The van der Waals surface area contributed by atoms with E-state index in [4.69, 9.17) is 9.47 Å². The molecule has 1 amide bonds. The van der Waals surface area contributed by atoms with E-state index in [9.17, 15) is 9.59 Å². The molecule has 0 saturated carbocycles. The molecule has 7 nitrogen and oxygen atoms in total. The van der Waals surface area contributed by atoms with Gasteiger partial charge in [-0.15, -0.1) is 0 Å². The predicted molar refractivity (Wildman–Crippen MR) is 105 cm³/mol. The first-order valence-corrected chi connectivity index (χ1v) is 8.21. The van der Waals surface area contributed by atoms with E-state index in [0.29, 0.717) is 33.9 Å². The summed E-state index contributed by atoms with van der Waals surface area (Å²) in [5, 5.41) is 3.05. The molecule has 0 radical (unpaired) electrons. The average Bonchev–Trinajstić information content (AvgIpc) is 2.66. The van der Waals surface area contributed by atoms with Crippen LogP contribution in [0, 0.1) is 0 Å². The van der Waals surface area contributed by atoms with Crippen molar-refractivity contribution in [2.45, 2.75) is 6.92 Å². The van der Waals surface area contributed by atoms with Crippen molar-refractivity contribution in [3.63, 3.8) is 0 Å². The molecule has 138 valence electrons. The Bertz CT molecular complexity index is 1060. The van der Waals surface area contributed by atoms with Gasteiger partial charge in [0.05, 0.1) is 25.1 Å². The van der Waals surface area contributed by atoms with E-state index in [1.165, 1.54) is 6.92 Å². The van der Waals surface area contributed by atoms with Crippen molar-refractivity contribution >= 4 is 34.6 Å². The average molecular weight is 365 g/mol. The van der Waals surface area contributed by atoms with Gasteiger partial charge in [-0.05, 0) is 42.0 Å². The minimum Gasteiger partial charge on any atom is -0.497 e. The minimum atomic E-state index is -0.282. The summed E-state index contributed by atoms with van der Waals surface area (Å²) in [6, 6.07) is 10.5. The molecule has 0 bridgehead atoms. The number of hydrogen-bond acceptors (Lipinski definition) is 5. The number of nitrogens with one attached hydrogen (secondary N) is 2. The van der Waals surface area contributed by atoms with E-state index < -0.39 is 0 Å². The minimum absolute atomic E-state index is 0.202. The number of ether oxygens (including phenoxy) is 2. The number of amides is 1. The molecule has 2 aromatic carbocycles. The van der Waals surface area contributed by atoms with Crippen LogP contribution in [0.5, 0.6) is 11.5 Å². The summed E-state index contributed by atoms with van der Waals surface area (Å²) in [5.74, 6) is 1.55. The fourth-order valence-electron chi connectivity index (χ4n) is 2.62. The molecule has 3 aromatic rings. The molecule has 27 heavy (non-hydrogen) atoms. The number of anilines is 1. The number of rotatable bonds is 5. The second-order valence-electron chi connectivity index (χ2n) is 5.84. The zero-order valence-electron chi connectivity index (χ0n) is 15.2. The lowest BCUT2D eigenvalue weighted by atomic mass is 10.2. The number of fused-ring (bicyclic) bond motifs is 1. The van der Waals surface area contributed by atoms with Crippen LogP contribution in [0.3, 0.4) is 0 Å². The summed E-state index contributed by atoms with van der Waals surface area (Å²) < 4.78 is 10.5. The van der Waals surface area contributed by atoms with Gasteiger partial charge in [0.25, 0.3) is 5.56 Å². The summed E-state index contributed by atoms with van der Waals surface area (Å²) in [6.45, 7) is 1.41. The van der Waals surface area contributed by atoms with Crippen molar-refractivity contribution in [3.05, 3.63) is 58.1 Å². The Morgan fingerprint density at radius 1 is 1.07 bits per heavy atom. The molecule has 3 rings (SSSR count). The summed E-state index contributed by atoms with van der Waals surface area (Å²) in [6.07, 6.45) is 3.51. The first-order valence-electron chi connectivity index (χ1n) is 8.21. The molecular weight excluding hydrogens is 346 g/mol. The summed E-state index contributed by atoms with van der Waals surface area (Å²) in [4.78, 5) is 30.7. The fraction of sp³-hybridized carbons (Fsp3) is 0.150. The maximum Gasteiger partial charge on any atom is 0.259 e. The zero-order valence-corrected chi connectivity index (χ0v) is 15.2. The number of hydrogen-bond donors (Lipinski definition) is 2. The lowest BCUT2D eigenvalue weighted by molar-refractivity contribution is -0.114. The molecule has 0 fully saturated rings. The van der Waals surface area contributed by atoms with Gasteiger partial charge in [0, 0.05) is 18.7 Å². The number of nitrogens with zero attached hydrogens (tertiary/aromatic N) is 1. The second-order valence-corrected chi connectivity index (χ2v) is 5.84. The van der Waals surface area contributed by atoms with Gasteiger partial charge >= 0.3 is 0 Å². The molecule has 0 aliphatic heterocycles. The smallest absolute Gasteiger partial charge is 0.259 e. The Labute approximate surface area is 155 Å². The number of carbonyl (C=O) groups excluding carboxylic acids is 1. The van der Waals surface area contributed by atoms with Crippen LogP contribution in [0.2, 0.25) is 0 Å². The lowest BCUT2D eigenvalue weighted by Crippen LogP contribution is -2.11. The van der Waals surface area contributed by atoms with Gasteiger partial charge in [-0.2, -0.15) is 0 Å². The van der Waals surface area contributed by atoms with E-state index in [-0.39, 0.29) is 11.5 Å². The summed E-state index contributed by atoms with van der Waals surface area (Å²) >= 11 is 0. The number of benzene rings is 2. The summed E-state index contributed by atoms with van der Waals surface area (Å²) in [5.41, 5.74) is 1.65. The zero-order chi connectivity index (χ0) is 19.4. The van der Waals surface area contributed by atoms with Crippen LogP contribution in [0.15, 0.2) is 41.2 Å². The third-order valence-electron chi connectivity index (χ3n) is 3.85. The van der Waals surface area contributed by atoms with E-state index in [1.54, 1.807) is 50.6 Å². The number of methoxy groups -OCH3 is 2. The third kappa shape index (κ3) is 4.33. The quantitative estimate of drug-likeness (QED) is 0.725. The number of aromatic amines is 1. The third-order valence-corrected chi connectivity index (χ3v) is 3.85. The molecule has 0 atom stereocenters. The number of H-pyrrole nitrogens is 1. The number of aromatic nitrogens is 2.